The normalized spacial score (nSPS) is 16.9. The molecular formula is C32H34N4O4. The van der Waals surface area contributed by atoms with Crippen LogP contribution >= 0.6 is 0 Å². The average molecular weight is 539 g/mol. The lowest BCUT2D eigenvalue weighted by molar-refractivity contribution is -0.120. The van der Waals surface area contributed by atoms with Gasteiger partial charge in [0.25, 0.3) is 0 Å². The first kappa shape index (κ1) is 27.2. The highest BCUT2D eigenvalue weighted by Gasteiger charge is 2.37. The lowest BCUT2D eigenvalue weighted by Gasteiger charge is -2.25. The highest BCUT2D eigenvalue weighted by molar-refractivity contribution is 6.00. The zero-order valence-corrected chi connectivity index (χ0v) is 22.2. The van der Waals surface area contributed by atoms with Gasteiger partial charge in [0.15, 0.2) is 0 Å². The Balaban J connectivity index is 1.53. The Hall–Kier alpha value is -4.40. The lowest BCUT2D eigenvalue weighted by Crippen LogP contribution is -2.46. The Labute approximate surface area is 233 Å². The minimum Gasteiger partial charge on any atom is -0.508 e. The first-order valence-electron chi connectivity index (χ1n) is 13.6. The van der Waals surface area contributed by atoms with Crippen molar-refractivity contribution < 1.29 is 19.8 Å². The number of phenolic OH excluding ortho intramolecular Hbond substituents is 1. The van der Waals surface area contributed by atoms with Crippen LogP contribution in [0.1, 0.15) is 52.6 Å². The maximum absolute atomic E-state index is 14.0. The Bertz CT molecular complexity index is 1450. The Morgan fingerprint density at radius 1 is 0.925 bits per heavy atom. The van der Waals surface area contributed by atoms with Crippen LogP contribution in [0.5, 0.6) is 5.75 Å². The van der Waals surface area contributed by atoms with Crippen molar-refractivity contribution in [1.82, 2.24) is 10.3 Å². The number of rotatable bonds is 10. The molecule has 3 aromatic carbocycles. The molecule has 0 bridgehead atoms. The van der Waals surface area contributed by atoms with Crippen LogP contribution in [0.2, 0.25) is 0 Å². The molecule has 2 atom stereocenters. The number of aromatic amines is 1. The van der Waals surface area contributed by atoms with E-state index < -0.39 is 18.1 Å². The number of carboxylic acids is 1. The van der Waals surface area contributed by atoms with Crippen LogP contribution in [0.15, 0.2) is 84.9 Å². The smallest absolute Gasteiger partial charge is 0.352 e. The van der Waals surface area contributed by atoms with Gasteiger partial charge in [0.1, 0.15) is 11.4 Å². The van der Waals surface area contributed by atoms with Crippen LogP contribution in [0.25, 0.3) is 11.1 Å². The third-order valence-electron chi connectivity index (χ3n) is 7.43. The number of carbonyl (C=O) groups excluding carboxylic acids is 1. The molecule has 40 heavy (non-hydrogen) atoms. The summed E-state index contributed by atoms with van der Waals surface area (Å²) in [6.45, 7) is 0.916. The number of aromatic carboxylic acids is 1. The molecule has 0 unspecified atom stereocenters. The van der Waals surface area contributed by atoms with E-state index in [4.69, 9.17) is 5.73 Å². The number of benzene rings is 3. The quantitative estimate of drug-likeness (QED) is 0.183. The molecule has 1 amide bonds. The van der Waals surface area contributed by atoms with Gasteiger partial charge in [-0.25, -0.2) is 4.79 Å². The second-order valence-electron chi connectivity index (χ2n) is 10.1. The molecule has 5 rings (SSSR count). The summed E-state index contributed by atoms with van der Waals surface area (Å²) in [5.41, 5.74) is 11.0. The summed E-state index contributed by atoms with van der Waals surface area (Å²) in [7, 11) is 0. The SMILES string of the molecule is NCCCC[C@@H]1N[C@H](c2ccc(-c3ccccc3)cc2)c2[nH]c(C(=O)O)cc2N(CCc2ccc(O)cc2)C1=O. The predicted molar refractivity (Wildman–Crippen MR) is 155 cm³/mol. The number of H-pyrrole nitrogens is 1. The number of aromatic hydroxyl groups is 1. The summed E-state index contributed by atoms with van der Waals surface area (Å²) < 4.78 is 0. The van der Waals surface area contributed by atoms with Crippen LogP contribution in [0.3, 0.4) is 0 Å². The Kier molecular flexibility index (Phi) is 8.28. The van der Waals surface area contributed by atoms with Gasteiger partial charge in [-0.2, -0.15) is 0 Å². The predicted octanol–water partition coefficient (Wildman–Crippen LogP) is 4.85. The highest BCUT2D eigenvalue weighted by Crippen LogP contribution is 2.36. The molecule has 8 nitrogen and oxygen atoms in total. The third kappa shape index (κ3) is 5.93. The second-order valence-corrected chi connectivity index (χ2v) is 10.1. The van der Waals surface area contributed by atoms with E-state index in [9.17, 15) is 19.8 Å². The molecule has 0 radical (unpaired) electrons. The molecule has 206 valence electrons. The molecule has 0 fully saturated rings. The highest BCUT2D eigenvalue weighted by atomic mass is 16.4. The van der Waals surface area contributed by atoms with E-state index in [2.05, 4.69) is 22.4 Å². The number of hydrogen-bond donors (Lipinski definition) is 5. The van der Waals surface area contributed by atoms with Crippen molar-refractivity contribution in [2.24, 2.45) is 5.73 Å². The van der Waals surface area contributed by atoms with Crippen LogP contribution in [-0.4, -0.2) is 46.2 Å². The summed E-state index contributed by atoms with van der Waals surface area (Å²) in [4.78, 5) is 30.8. The van der Waals surface area contributed by atoms with Crippen molar-refractivity contribution in [3.63, 3.8) is 0 Å². The van der Waals surface area contributed by atoms with Crippen LogP contribution < -0.4 is 16.0 Å². The molecule has 1 aromatic heterocycles. The summed E-state index contributed by atoms with van der Waals surface area (Å²) in [6.07, 6.45) is 2.76. The summed E-state index contributed by atoms with van der Waals surface area (Å²) in [5.74, 6) is -1.01. The number of carboxylic acid groups (broad SMARTS) is 1. The number of nitrogens with one attached hydrogen (secondary N) is 2. The number of amides is 1. The van der Waals surface area contributed by atoms with Crippen LogP contribution in [0, 0.1) is 0 Å². The number of anilines is 1. The van der Waals surface area contributed by atoms with E-state index in [0.717, 1.165) is 35.1 Å². The van der Waals surface area contributed by atoms with E-state index in [-0.39, 0.29) is 17.4 Å². The Morgan fingerprint density at radius 2 is 1.62 bits per heavy atom. The van der Waals surface area contributed by atoms with Gasteiger partial charge in [-0.05, 0) is 66.3 Å². The van der Waals surface area contributed by atoms with Gasteiger partial charge < -0.3 is 25.8 Å². The summed E-state index contributed by atoms with van der Waals surface area (Å²) in [6, 6.07) is 25.8. The number of nitrogens with zero attached hydrogens (tertiary/aromatic N) is 1. The largest absolute Gasteiger partial charge is 0.508 e. The number of nitrogens with two attached hydrogens (primary N) is 1. The van der Waals surface area contributed by atoms with Gasteiger partial charge in [-0.1, -0.05) is 73.2 Å². The van der Waals surface area contributed by atoms with E-state index in [1.54, 1.807) is 23.1 Å². The zero-order valence-electron chi connectivity index (χ0n) is 22.2. The monoisotopic (exact) mass is 538 g/mol. The first-order chi connectivity index (χ1) is 19.4. The average Bonchev–Trinajstić information content (AvgIpc) is 3.38. The molecule has 0 saturated carbocycles. The van der Waals surface area contributed by atoms with E-state index in [1.807, 2.05) is 54.6 Å². The molecule has 2 heterocycles. The zero-order chi connectivity index (χ0) is 28.1. The fraction of sp³-hybridized carbons (Fsp3) is 0.250. The number of aromatic nitrogens is 1. The van der Waals surface area contributed by atoms with Crippen molar-refractivity contribution >= 4 is 17.6 Å². The molecule has 1 aliphatic rings. The van der Waals surface area contributed by atoms with Crippen LogP contribution in [-0.2, 0) is 11.2 Å². The van der Waals surface area contributed by atoms with Crippen molar-refractivity contribution in [3.8, 4) is 16.9 Å². The van der Waals surface area contributed by atoms with Crippen molar-refractivity contribution in [2.75, 3.05) is 18.0 Å². The maximum Gasteiger partial charge on any atom is 0.352 e. The Morgan fingerprint density at radius 3 is 2.30 bits per heavy atom. The van der Waals surface area contributed by atoms with Gasteiger partial charge in [-0.15, -0.1) is 0 Å². The molecule has 8 heteroatoms. The topological polar surface area (TPSA) is 132 Å². The molecule has 0 saturated heterocycles. The maximum atomic E-state index is 14.0. The van der Waals surface area contributed by atoms with Gasteiger partial charge in [0, 0.05) is 6.54 Å². The molecule has 0 spiro atoms. The van der Waals surface area contributed by atoms with Crippen molar-refractivity contribution in [2.45, 2.75) is 37.8 Å². The van der Waals surface area contributed by atoms with Gasteiger partial charge in [-0.3, -0.25) is 10.1 Å². The number of unbranched alkanes of at least 4 members (excludes halogenated alkanes) is 1. The fourth-order valence-electron chi connectivity index (χ4n) is 5.28. The van der Waals surface area contributed by atoms with Gasteiger partial charge >= 0.3 is 5.97 Å². The van der Waals surface area contributed by atoms with Crippen molar-refractivity contribution in [3.05, 3.63) is 107 Å². The lowest BCUT2D eigenvalue weighted by atomic mass is 9.98. The minimum absolute atomic E-state index is 0.0294. The molecular weight excluding hydrogens is 504 g/mol. The van der Waals surface area contributed by atoms with Crippen molar-refractivity contribution in [1.29, 1.82) is 0 Å². The minimum atomic E-state index is -1.09. The van der Waals surface area contributed by atoms with E-state index >= 15 is 0 Å². The fourth-order valence-corrected chi connectivity index (χ4v) is 5.28. The van der Waals surface area contributed by atoms with E-state index in [0.29, 0.717) is 37.3 Å². The summed E-state index contributed by atoms with van der Waals surface area (Å²) >= 11 is 0. The van der Waals surface area contributed by atoms with Gasteiger partial charge in [0.05, 0.1) is 23.5 Å². The second kappa shape index (κ2) is 12.2. The molecule has 0 aliphatic carbocycles. The summed E-state index contributed by atoms with van der Waals surface area (Å²) in [5, 5.41) is 23.0. The third-order valence-corrected chi connectivity index (χ3v) is 7.43. The molecule has 1 aliphatic heterocycles. The number of hydrogen-bond acceptors (Lipinski definition) is 5. The number of carbonyl (C=O) groups is 2. The molecule has 4 aromatic rings. The number of phenols is 1. The van der Waals surface area contributed by atoms with E-state index in [1.165, 1.54) is 0 Å². The van der Waals surface area contributed by atoms with Gasteiger partial charge in [0.2, 0.25) is 5.91 Å². The first-order valence-corrected chi connectivity index (χ1v) is 13.6. The molecule has 6 N–H and O–H groups in total. The standard InChI is InChI=1S/C32H34N4O4/c33-18-5-4-8-26-31(38)36(19-17-21-9-15-25(37)16-10-21)28-20-27(32(39)40)35-30(28)29(34-26)24-13-11-23(12-14-24)22-6-2-1-3-7-22/h1-3,6-7,9-16,20,26,29,34-35,37H,4-5,8,17-19,33H2,(H,39,40)/t26-,29+/m0/s1. The number of fused-ring (bicyclic) bond motifs is 1. The van der Waals surface area contributed by atoms with Crippen LogP contribution in [0.4, 0.5) is 5.69 Å².